The van der Waals surface area contributed by atoms with E-state index in [2.05, 4.69) is 5.32 Å². The fraction of sp³-hybridized carbons (Fsp3) is 0.316. The molecule has 0 spiro atoms. The average molecular weight is 344 g/mol. The molecule has 3 atom stereocenters. The van der Waals surface area contributed by atoms with E-state index in [1.165, 1.54) is 6.07 Å². The number of aliphatic hydroxyl groups excluding tert-OH is 1. The van der Waals surface area contributed by atoms with Gasteiger partial charge >= 0.3 is 0 Å². The summed E-state index contributed by atoms with van der Waals surface area (Å²) in [7, 11) is 0. The maximum Gasteiger partial charge on any atom is 0.234 e. The van der Waals surface area contributed by atoms with Crippen molar-refractivity contribution in [3.63, 3.8) is 0 Å². The van der Waals surface area contributed by atoms with E-state index in [4.69, 9.17) is 10.5 Å². The molecule has 25 heavy (non-hydrogen) atoms. The summed E-state index contributed by atoms with van der Waals surface area (Å²) in [4.78, 5) is 11.4. The lowest BCUT2D eigenvalue weighted by Gasteiger charge is -2.14. The molecule has 2 aromatic rings. The molecule has 3 rings (SSSR count). The van der Waals surface area contributed by atoms with Gasteiger partial charge in [-0.25, -0.2) is 4.39 Å². The third-order valence-electron chi connectivity index (χ3n) is 4.57. The molecule has 2 aromatic carbocycles. The maximum absolute atomic E-state index is 13.6. The first-order chi connectivity index (χ1) is 12.1. The highest BCUT2D eigenvalue weighted by molar-refractivity contribution is 5.80. The Balaban J connectivity index is 1.63. The Morgan fingerprint density at radius 3 is 2.56 bits per heavy atom. The molecule has 1 fully saturated rings. The van der Waals surface area contributed by atoms with Crippen molar-refractivity contribution in [2.45, 2.75) is 25.1 Å². The fourth-order valence-electron chi connectivity index (χ4n) is 3.16. The van der Waals surface area contributed by atoms with Crippen LogP contribution in [-0.4, -0.2) is 23.7 Å². The lowest BCUT2D eigenvalue weighted by molar-refractivity contribution is -0.120. The second-order valence-electron chi connectivity index (χ2n) is 6.23. The third-order valence-corrected chi connectivity index (χ3v) is 4.57. The van der Waals surface area contributed by atoms with Gasteiger partial charge in [-0.15, -0.1) is 0 Å². The lowest BCUT2D eigenvalue weighted by Crippen LogP contribution is -2.42. The average Bonchev–Trinajstić information content (AvgIpc) is 3.06. The monoisotopic (exact) mass is 344 g/mol. The molecule has 0 bridgehead atoms. The molecule has 1 saturated heterocycles. The van der Waals surface area contributed by atoms with E-state index in [1.807, 2.05) is 24.3 Å². The first-order valence-electron chi connectivity index (χ1n) is 8.21. The molecule has 1 aliphatic heterocycles. The van der Waals surface area contributed by atoms with Crippen molar-refractivity contribution in [1.29, 1.82) is 0 Å². The molecule has 4 N–H and O–H groups in total. The number of nitrogens with one attached hydrogen (secondary N) is 1. The van der Waals surface area contributed by atoms with Crippen LogP contribution < -0.4 is 15.8 Å². The van der Waals surface area contributed by atoms with Crippen molar-refractivity contribution in [2.24, 2.45) is 11.7 Å². The quantitative estimate of drug-likeness (QED) is 0.747. The van der Waals surface area contributed by atoms with Gasteiger partial charge in [0, 0.05) is 24.1 Å². The van der Waals surface area contributed by atoms with Crippen molar-refractivity contribution < 1.29 is 19.0 Å². The number of carbonyl (C=O) groups excluding carboxylic acids is 1. The Labute approximate surface area is 145 Å². The molecule has 132 valence electrons. The van der Waals surface area contributed by atoms with Gasteiger partial charge in [0.15, 0.2) is 0 Å². The summed E-state index contributed by atoms with van der Waals surface area (Å²) in [6, 6.07) is 13.3. The van der Waals surface area contributed by atoms with Crippen molar-refractivity contribution in [2.75, 3.05) is 6.61 Å². The number of nitrogens with two attached hydrogens (primary N) is 1. The van der Waals surface area contributed by atoms with Gasteiger partial charge in [-0.1, -0.05) is 30.3 Å². The Bertz CT molecular complexity index is 736. The van der Waals surface area contributed by atoms with Gasteiger partial charge < -0.3 is 15.6 Å². The van der Waals surface area contributed by atoms with E-state index in [-0.39, 0.29) is 31.0 Å². The molecular weight excluding hydrogens is 323 g/mol. The van der Waals surface area contributed by atoms with E-state index in [9.17, 15) is 14.3 Å². The number of primary amides is 1. The molecule has 1 amide bonds. The smallest absolute Gasteiger partial charge is 0.234 e. The minimum atomic E-state index is -0.521. The van der Waals surface area contributed by atoms with Crippen LogP contribution in [-0.2, 0) is 11.4 Å². The van der Waals surface area contributed by atoms with Crippen molar-refractivity contribution in [1.82, 2.24) is 5.32 Å². The summed E-state index contributed by atoms with van der Waals surface area (Å²) in [6.07, 6.45) is 0.638. The summed E-state index contributed by atoms with van der Waals surface area (Å²) in [5.41, 5.74) is 6.86. The zero-order valence-electron chi connectivity index (χ0n) is 13.7. The number of rotatable bonds is 6. The van der Waals surface area contributed by atoms with Crippen LogP contribution in [0.2, 0.25) is 0 Å². The van der Waals surface area contributed by atoms with Gasteiger partial charge in [-0.3, -0.25) is 10.1 Å². The largest absolute Gasteiger partial charge is 0.489 e. The van der Waals surface area contributed by atoms with E-state index >= 15 is 0 Å². The molecular formula is C19H21FN2O3. The van der Waals surface area contributed by atoms with Crippen LogP contribution in [0.5, 0.6) is 5.75 Å². The Morgan fingerprint density at radius 2 is 1.96 bits per heavy atom. The van der Waals surface area contributed by atoms with Gasteiger partial charge in [0.05, 0.1) is 6.04 Å². The molecule has 0 unspecified atom stereocenters. The summed E-state index contributed by atoms with van der Waals surface area (Å²) in [5.74, 6) is -0.289. The van der Waals surface area contributed by atoms with Crippen LogP contribution in [0.1, 0.15) is 23.6 Å². The van der Waals surface area contributed by atoms with Gasteiger partial charge in [0.25, 0.3) is 0 Å². The van der Waals surface area contributed by atoms with Crippen molar-refractivity contribution >= 4 is 5.91 Å². The van der Waals surface area contributed by atoms with Crippen LogP contribution in [0.25, 0.3) is 0 Å². The second-order valence-corrected chi connectivity index (χ2v) is 6.23. The summed E-state index contributed by atoms with van der Waals surface area (Å²) in [5, 5.41) is 12.6. The van der Waals surface area contributed by atoms with Gasteiger partial charge in [-0.2, -0.15) is 0 Å². The molecule has 0 aromatic heterocycles. The fourth-order valence-corrected chi connectivity index (χ4v) is 3.16. The molecule has 1 aliphatic rings. The maximum atomic E-state index is 13.6. The van der Waals surface area contributed by atoms with Crippen LogP contribution in [0.15, 0.2) is 48.5 Å². The molecule has 0 radical (unpaired) electrons. The first-order valence-corrected chi connectivity index (χ1v) is 8.21. The highest BCUT2D eigenvalue weighted by atomic mass is 19.1. The topological polar surface area (TPSA) is 84.6 Å². The summed E-state index contributed by atoms with van der Waals surface area (Å²) in [6.45, 7) is 0.0744. The number of ether oxygens (including phenoxy) is 1. The number of benzene rings is 2. The van der Waals surface area contributed by atoms with Crippen molar-refractivity contribution in [3.8, 4) is 5.75 Å². The van der Waals surface area contributed by atoms with E-state index in [0.29, 0.717) is 17.7 Å². The zero-order chi connectivity index (χ0) is 17.8. The molecule has 5 nitrogen and oxygen atoms in total. The minimum Gasteiger partial charge on any atom is -0.489 e. The summed E-state index contributed by atoms with van der Waals surface area (Å²) < 4.78 is 19.2. The van der Waals surface area contributed by atoms with Gasteiger partial charge in [0.1, 0.15) is 18.2 Å². The normalized spacial score (nSPS) is 22.7. The van der Waals surface area contributed by atoms with Crippen LogP contribution >= 0.6 is 0 Å². The first kappa shape index (κ1) is 17.4. The summed E-state index contributed by atoms with van der Waals surface area (Å²) >= 11 is 0. The number of hydrogen-bond donors (Lipinski definition) is 3. The highest BCUT2D eigenvalue weighted by Crippen LogP contribution is 2.31. The van der Waals surface area contributed by atoms with Gasteiger partial charge in [-0.05, 0) is 30.2 Å². The lowest BCUT2D eigenvalue weighted by atomic mass is 9.97. The molecule has 1 heterocycles. The number of hydrogen-bond acceptors (Lipinski definition) is 4. The standard InChI is InChI=1S/C19H21FN2O3/c20-16-4-2-1-3-13(16)11-25-15-7-5-12(6-8-15)17-9-14(10-23)18(22-17)19(21)24/h1-8,14,17-18,22-23H,9-11H2,(H2,21,24)/t14-,17-,18+/m1/s1. The van der Waals surface area contributed by atoms with E-state index in [0.717, 1.165) is 5.56 Å². The van der Waals surface area contributed by atoms with E-state index in [1.54, 1.807) is 18.2 Å². The zero-order valence-corrected chi connectivity index (χ0v) is 13.7. The Hall–Kier alpha value is -2.44. The Kier molecular flexibility index (Phi) is 5.31. The number of carbonyl (C=O) groups is 1. The highest BCUT2D eigenvalue weighted by Gasteiger charge is 2.37. The third kappa shape index (κ3) is 3.97. The number of halogens is 1. The SMILES string of the molecule is NC(=O)[C@H]1N[C@@H](c2ccc(OCc3ccccc3F)cc2)C[C@@H]1CO. The van der Waals surface area contributed by atoms with Crippen LogP contribution in [0.3, 0.4) is 0 Å². The Morgan fingerprint density at radius 1 is 1.24 bits per heavy atom. The molecule has 6 heteroatoms. The molecule has 0 aliphatic carbocycles. The number of aliphatic hydroxyl groups is 1. The minimum absolute atomic E-state index is 0.0460. The van der Waals surface area contributed by atoms with Crippen molar-refractivity contribution in [3.05, 3.63) is 65.5 Å². The van der Waals surface area contributed by atoms with Crippen LogP contribution in [0.4, 0.5) is 4.39 Å². The van der Waals surface area contributed by atoms with E-state index < -0.39 is 11.9 Å². The predicted molar refractivity (Wildman–Crippen MR) is 91.2 cm³/mol. The second kappa shape index (κ2) is 7.63. The number of amides is 1. The van der Waals surface area contributed by atoms with Crippen LogP contribution in [0, 0.1) is 11.7 Å². The van der Waals surface area contributed by atoms with Gasteiger partial charge in [0.2, 0.25) is 5.91 Å². The predicted octanol–water partition coefficient (Wildman–Crippen LogP) is 1.90. The molecule has 0 saturated carbocycles.